The van der Waals surface area contributed by atoms with Gasteiger partial charge in [-0.1, -0.05) is 0 Å². The first-order valence-corrected chi connectivity index (χ1v) is 8.03. The largest absolute Gasteiger partial charge is 0.492 e. The van der Waals surface area contributed by atoms with Crippen LogP contribution in [0.4, 0.5) is 4.39 Å². The van der Waals surface area contributed by atoms with Crippen molar-refractivity contribution in [2.45, 2.75) is 11.3 Å². The standard InChI is InChI=1S/C13H11ClFNO3S/c14-20(17,18)13-9-11(15)1-2-12(13)19-8-5-10-3-6-16-7-4-10/h1-4,6-7,9H,5,8H2. The predicted octanol–water partition coefficient (Wildman–Crippen LogP) is 2.77. The molecule has 7 heteroatoms. The molecule has 0 radical (unpaired) electrons. The molecule has 0 saturated heterocycles. The predicted molar refractivity (Wildman–Crippen MR) is 72.9 cm³/mol. The van der Waals surface area contributed by atoms with Crippen LogP contribution in [0.25, 0.3) is 0 Å². The summed E-state index contributed by atoms with van der Waals surface area (Å²) < 4.78 is 41.2. The van der Waals surface area contributed by atoms with E-state index >= 15 is 0 Å². The van der Waals surface area contributed by atoms with E-state index in [1.165, 1.54) is 6.07 Å². The van der Waals surface area contributed by atoms with Crippen LogP contribution < -0.4 is 4.74 Å². The zero-order valence-electron chi connectivity index (χ0n) is 10.3. The fourth-order valence-corrected chi connectivity index (χ4v) is 2.60. The minimum absolute atomic E-state index is 0.0375. The third-order valence-corrected chi connectivity index (χ3v) is 3.91. The third kappa shape index (κ3) is 3.91. The lowest BCUT2D eigenvalue weighted by Gasteiger charge is -2.09. The van der Waals surface area contributed by atoms with E-state index < -0.39 is 14.9 Å². The maximum Gasteiger partial charge on any atom is 0.265 e. The lowest BCUT2D eigenvalue weighted by molar-refractivity contribution is 0.313. The summed E-state index contributed by atoms with van der Waals surface area (Å²) in [4.78, 5) is 3.52. The molecule has 0 amide bonds. The quantitative estimate of drug-likeness (QED) is 0.796. The third-order valence-electron chi connectivity index (χ3n) is 2.57. The summed E-state index contributed by atoms with van der Waals surface area (Å²) in [5.74, 6) is -0.652. The van der Waals surface area contributed by atoms with Crippen LogP contribution in [-0.2, 0) is 15.5 Å². The van der Waals surface area contributed by atoms with E-state index in [-0.39, 0.29) is 17.3 Å². The van der Waals surface area contributed by atoms with E-state index in [2.05, 4.69) is 4.98 Å². The monoisotopic (exact) mass is 315 g/mol. The van der Waals surface area contributed by atoms with Crippen molar-refractivity contribution in [1.82, 2.24) is 4.98 Å². The van der Waals surface area contributed by atoms with Gasteiger partial charge in [0, 0.05) is 29.5 Å². The Bertz CT molecular complexity index is 692. The van der Waals surface area contributed by atoms with Crippen molar-refractivity contribution in [2.75, 3.05) is 6.61 Å². The lowest BCUT2D eigenvalue weighted by atomic mass is 10.2. The van der Waals surface area contributed by atoms with Gasteiger partial charge in [-0.25, -0.2) is 12.8 Å². The maximum atomic E-state index is 13.1. The van der Waals surface area contributed by atoms with E-state index in [4.69, 9.17) is 15.4 Å². The van der Waals surface area contributed by atoms with Gasteiger partial charge in [0.2, 0.25) is 0 Å². The molecular weight excluding hydrogens is 305 g/mol. The molecule has 0 bridgehead atoms. The Hall–Kier alpha value is -1.66. The summed E-state index contributed by atoms with van der Waals surface area (Å²) in [5.41, 5.74) is 0.998. The van der Waals surface area contributed by atoms with Gasteiger partial charge in [0.05, 0.1) is 6.61 Å². The van der Waals surface area contributed by atoms with E-state index in [0.29, 0.717) is 6.42 Å². The zero-order chi connectivity index (χ0) is 14.6. The number of ether oxygens (including phenoxy) is 1. The van der Waals surface area contributed by atoms with Crippen LogP contribution in [0.2, 0.25) is 0 Å². The summed E-state index contributed by atoms with van der Waals surface area (Å²) in [7, 11) is 1.20. The second-order valence-corrected chi connectivity index (χ2v) is 6.52. The van der Waals surface area contributed by atoms with Crippen molar-refractivity contribution in [1.29, 1.82) is 0 Å². The second-order valence-electron chi connectivity index (χ2n) is 3.98. The molecule has 20 heavy (non-hydrogen) atoms. The average molecular weight is 316 g/mol. The molecule has 0 N–H and O–H groups in total. The molecule has 0 spiro atoms. The van der Waals surface area contributed by atoms with Gasteiger partial charge in [0.25, 0.3) is 9.05 Å². The number of hydrogen-bond donors (Lipinski definition) is 0. The number of hydrogen-bond acceptors (Lipinski definition) is 4. The summed E-state index contributed by atoms with van der Waals surface area (Å²) in [5, 5.41) is 0. The number of rotatable bonds is 5. The van der Waals surface area contributed by atoms with E-state index in [0.717, 1.165) is 17.7 Å². The van der Waals surface area contributed by atoms with Crippen molar-refractivity contribution in [2.24, 2.45) is 0 Å². The normalized spacial score (nSPS) is 11.3. The first kappa shape index (κ1) is 14.7. The van der Waals surface area contributed by atoms with Gasteiger partial charge >= 0.3 is 0 Å². The number of pyridine rings is 1. The molecule has 2 aromatic rings. The summed E-state index contributed by atoms with van der Waals surface area (Å²) >= 11 is 0. The van der Waals surface area contributed by atoms with Gasteiger partial charge < -0.3 is 4.74 Å². The Morgan fingerprint density at radius 2 is 1.90 bits per heavy atom. The summed E-state index contributed by atoms with van der Waals surface area (Å²) in [6.07, 6.45) is 3.88. The van der Waals surface area contributed by atoms with Crippen LogP contribution in [0.3, 0.4) is 0 Å². The maximum absolute atomic E-state index is 13.1. The molecule has 1 aromatic heterocycles. The van der Waals surface area contributed by atoms with Crippen LogP contribution in [-0.4, -0.2) is 20.0 Å². The SMILES string of the molecule is O=S(=O)(Cl)c1cc(F)ccc1OCCc1ccncc1. The summed E-state index contributed by atoms with van der Waals surface area (Å²) in [6.45, 7) is 0.245. The van der Waals surface area contributed by atoms with E-state index in [9.17, 15) is 12.8 Å². The molecule has 0 saturated carbocycles. The Kier molecular flexibility index (Phi) is 4.57. The minimum atomic E-state index is -4.05. The van der Waals surface area contributed by atoms with Gasteiger partial charge in [-0.15, -0.1) is 0 Å². The van der Waals surface area contributed by atoms with Crippen LogP contribution in [0.5, 0.6) is 5.75 Å². The van der Waals surface area contributed by atoms with Crippen molar-refractivity contribution >= 4 is 19.7 Å². The molecule has 1 aromatic carbocycles. The molecule has 1 heterocycles. The van der Waals surface area contributed by atoms with Crippen molar-refractivity contribution in [3.05, 3.63) is 54.1 Å². The van der Waals surface area contributed by atoms with Crippen LogP contribution in [0.1, 0.15) is 5.56 Å². The number of aromatic nitrogens is 1. The van der Waals surface area contributed by atoms with Crippen molar-refractivity contribution in [3.63, 3.8) is 0 Å². The van der Waals surface area contributed by atoms with Gasteiger partial charge in [-0.05, 0) is 35.9 Å². The molecular formula is C13H11ClFNO3S. The highest BCUT2D eigenvalue weighted by Crippen LogP contribution is 2.27. The van der Waals surface area contributed by atoms with Crippen LogP contribution in [0, 0.1) is 5.82 Å². The molecule has 106 valence electrons. The Morgan fingerprint density at radius 3 is 2.55 bits per heavy atom. The fourth-order valence-electron chi connectivity index (χ4n) is 1.62. The lowest BCUT2D eigenvalue weighted by Crippen LogP contribution is -2.05. The Morgan fingerprint density at radius 1 is 1.20 bits per heavy atom. The van der Waals surface area contributed by atoms with Gasteiger partial charge in [0.1, 0.15) is 16.5 Å². The molecule has 2 rings (SSSR count). The first-order valence-electron chi connectivity index (χ1n) is 5.73. The zero-order valence-corrected chi connectivity index (χ0v) is 11.9. The number of nitrogens with zero attached hydrogens (tertiary/aromatic N) is 1. The molecule has 0 unspecified atom stereocenters. The fraction of sp³-hybridized carbons (Fsp3) is 0.154. The topological polar surface area (TPSA) is 56.3 Å². The van der Waals surface area contributed by atoms with E-state index in [1.807, 2.05) is 12.1 Å². The molecule has 0 aliphatic rings. The van der Waals surface area contributed by atoms with Crippen molar-refractivity contribution < 1.29 is 17.5 Å². The molecule has 0 fully saturated rings. The highest BCUT2D eigenvalue weighted by Gasteiger charge is 2.18. The Labute approximate surface area is 120 Å². The van der Waals surface area contributed by atoms with Crippen LogP contribution in [0.15, 0.2) is 47.6 Å². The molecule has 0 aliphatic heterocycles. The Balaban J connectivity index is 2.10. The molecule has 4 nitrogen and oxygen atoms in total. The molecule has 0 aliphatic carbocycles. The minimum Gasteiger partial charge on any atom is -0.492 e. The summed E-state index contributed by atoms with van der Waals surface area (Å²) in [6, 6.07) is 6.86. The highest BCUT2D eigenvalue weighted by atomic mass is 35.7. The second kappa shape index (κ2) is 6.19. The van der Waals surface area contributed by atoms with Gasteiger partial charge in [-0.3, -0.25) is 4.98 Å². The highest BCUT2D eigenvalue weighted by molar-refractivity contribution is 8.13. The van der Waals surface area contributed by atoms with E-state index in [1.54, 1.807) is 12.4 Å². The van der Waals surface area contributed by atoms with Gasteiger partial charge in [-0.2, -0.15) is 0 Å². The average Bonchev–Trinajstić information content (AvgIpc) is 2.40. The van der Waals surface area contributed by atoms with Crippen molar-refractivity contribution in [3.8, 4) is 5.75 Å². The number of benzene rings is 1. The van der Waals surface area contributed by atoms with Gasteiger partial charge in [0.15, 0.2) is 0 Å². The van der Waals surface area contributed by atoms with Crippen LogP contribution >= 0.6 is 10.7 Å². The number of halogens is 2. The molecule has 0 atom stereocenters. The first-order chi connectivity index (χ1) is 9.47. The smallest absolute Gasteiger partial charge is 0.265 e.